The molecule has 0 aliphatic heterocycles. The summed E-state index contributed by atoms with van der Waals surface area (Å²) in [5.41, 5.74) is 9.69. The van der Waals surface area contributed by atoms with Crippen LogP contribution in [0.15, 0.2) is 23.1 Å². The molecule has 0 saturated heterocycles. The van der Waals surface area contributed by atoms with Gasteiger partial charge in [0.15, 0.2) is 0 Å². The highest BCUT2D eigenvalue weighted by Gasteiger charge is 2.16. The van der Waals surface area contributed by atoms with Crippen LogP contribution in [0, 0.1) is 6.92 Å². The second-order valence-corrected chi connectivity index (χ2v) is 4.82. The molecule has 5 N–H and O–H groups in total. The lowest BCUT2D eigenvalue weighted by Crippen LogP contribution is -2.37. The maximum Gasteiger partial charge on any atom is 0.247 e. The van der Waals surface area contributed by atoms with Gasteiger partial charge in [-0.3, -0.25) is 10.2 Å². The third-order valence-corrected chi connectivity index (χ3v) is 3.68. The second-order valence-electron chi connectivity index (χ2n) is 3.54. The predicted octanol–water partition coefficient (Wildman–Crippen LogP) is 1.44. The fourth-order valence-corrected chi connectivity index (χ4v) is 2.36. The summed E-state index contributed by atoms with van der Waals surface area (Å²) in [6.45, 7) is 3.90. The number of nitrogens with one attached hydrogen (secondary N) is 1. The molecule has 0 aliphatic carbocycles. The summed E-state index contributed by atoms with van der Waals surface area (Å²) in [4.78, 5) is 12.4. The number of anilines is 1. The normalized spacial score (nSPS) is 12.2. The van der Waals surface area contributed by atoms with Gasteiger partial charge in [-0.05, 0) is 37.1 Å². The van der Waals surface area contributed by atoms with Gasteiger partial charge >= 0.3 is 0 Å². The summed E-state index contributed by atoms with van der Waals surface area (Å²) in [6.07, 6.45) is 0.733. The molecule has 1 atom stereocenters. The molecule has 5 heteroatoms. The van der Waals surface area contributed by atoms with Gasteiger partial charge in [0, 0.05) is 10.6 Å². The standard InChI is InChI=1S/C11H17N3OS/c1-3-10(11(15)14-13)16-8-4-5-9(12)7(2)6-8/h4-6,10H,3,12-13H2,1-2H3,(H,14,15). The number of rotatable bonds is 4. The lowest BCUT2D eigenvalue weighted by Gasteiger charge is -2.13. The van der Waals surface area contributed by atoms with Gasteiger partial charge in [-0.2, -0.15) is 0 Å². The number of hydrogen-bond acceptors (Lipinski definition) is 4. The summed E-state index contributed by atoms with van der Waals surface area (Å²) in [6, 6.07) is 5.75. The van der Waals surface area contributed by atoms with Crippen molar-refractivity contribution < 1.29 is 4.79 Å². The van der Waals surface area contributed by atoms with Crippen molar-refractivity contribution in [1.82, 2.24) is 5.43 Å². The van der Waals surface area contributed by atoms with E-state index < -0.39 is 0 Å². The third-order valence-electron chi connectivity index (χ3n) is 2.33. The fourth-order valence-electron chi connectivity index (χ4n) is 1.30. The van der Waals surface area contributed by atoms with Crippen LogP contribution in [0.2, 0.25) is 0 Å². The molecule has 0 aromatic heterocycles. The Bertz CT molecular complexity index is 381. The number of amides is 1. The van der Waals surface area contributed by atoms with Crippen LogP contribution in [0.3, 0.4) is 0 Å². The number of hydrazine groups is 1. The molecule has 1 aromatic rings. The highest BCUT2D eigenvalue weighted by molar-refractivity contribution is 8.00. The Morgan fingerprint density at radius 3 is 2.75 bits per heavy atom. The van der Waals surface area contributed by atoms with Crippen LogP contribution >= 0.6 is 11.8 Å². The average molecular weight is 239 g/mol. The molecule has 0 bridgehead atoms. The second kappa shape index (κ2) is 5.77. The molecule has 1 unspecified atom stereocenters. The van der Waals surface area contributed by atoms with E-state index in [9.17, 15) is 4.79 Å². The number of thioether (sulfide) groups is 1. The maximum atomic E-state index is 11.4. The Kier molecular flexibility index (Phi) is 4.64. The smallest absolute Gasteiger partial charge is 0.247 e. The first-order valence-corrected chi connectivity index (χ1v) is 5.99. The third kappa shape index (κ3) is 3.15. The molecule has 0 fully saturated rings. The number of nitrogens with two attached hydrogens (primary N) is 2. The number of carbonyl (C=O) groups is 1. The predicted molar refractivity (Wildman–Crippen MR) is 67.9 cm³/mol. The molecule has 1 amide bonds. The Morgan fingerprint density at radius 1 is 1.56 bits per heavy atom. The molecule has 0 aliphatic rings. The maximum absolute atomic E-state index is 11.4. The summed E-state index contributed by atoms with van der Waals surface area (Å²) >= 11 is 1.50. The average Bonchev–Trinajstić information content (AvgIpc) is 2.29. The van der Waals surface area contributed by atoms with Crippen molar-refractivity contribution in [3.63, 3.8) is 0 Å². The molecular formula is C11H17N3OS. The SMILES string of the molecule is CCC(Sc1ccc(N)c(C)c1)C(=O)NN. The van der Waals surface area contributed by atoms with Gasteiger partial charge in [0.05, 0.1) is 5.25 Å². The first-order chi connectivity index (χ1) is 7.58. The van der Waals surface area contributed by atoms with Crippen molar-refractivity contribution in [3.05, 3.63) is 23.8 Å². The first kappa shape index (κ1) is 12.9. The van der Waals surface area contributed by atoms with E-state index in [2.05, 4.69) is 5.43 Å². The van der Waals surface area contributed by atoms with E-state index in [-0.39, 0.29) is 11.2 Å². The monoisotopic (exact) mass is 239 g/mol. The Balaban J connectivity index is 2.78. The van der Waals surface area contributed by atoms with Gasteiger partial charge < -0.3 is 5.73 Å². The minimum Gasteiger partial charge on any atom is -0.399 e. The minimum absolute atomic E-state index is 0.151. The van der Waals surface area contributed by atoms with Gasteiger partial charge in [-0.25, -0.2) is 5.84 Å². The topological polar surface area (TPSA) is 81.1 Å². The fraction of sp³-hybridized carbons (Fsp3) is 0.364. The lowest BCUT2D eigenvalue weighted by atomic mass is 10.2. The van der Waals surface area contributed by atoms with E-state index in [4.69, 9.17) is 11.6 Å². The zero-order chi connectivity index (χ0) is 12.1. The van der Waals surface area contributed by atoms with Crippen LogP contribution in [0.5, 0.6) is 0 Å². The van der Waals surface area contributed by atoms with Crippen LogP contribution in [-0.2, 0) is 4.79 Å². The van der Waals surface area contributed by atoms with E-state index in [1.807, 2.05) is 32.0 Å². The number of nitrogen functional groups attached to an aromatic ring is 1. The van der Waals surface area contributed by atoms with Crippen LogP contribution in [0.25, 0.3) is 0 Å². The highest BCUT2D eigenvalue weighted by atomic mass is 32.2. The van der Waals surface area contributed by atoms with E-state index in [1.165, 1.54) is 11.8 Å². The highest BCUT2D eigenvalue weighted by Crippen LogP contribution is 2.27. The van der Waals surface area contributed by atoms with E-state index >= 15 is 0 Å². The Labute approximate surface area is 99.7 Å². The van der Waals surface area contributed by atoms with Crippen LogP contribution in [0.4, 0.5) is 5.69 Å². The Morgan fingerprint density at radius 2 is 2.25 bits per heavy atom. The summed E-state index contributed by atoms with van der Waals surface area (Å²) in [7, 11) is 0. The largest absolute Gasteiger partial charge is 0.399 e. The molecule has 4 nitrogen and oxygen atoms in total. The molecular weight excluding hydrogens is 222 g/mol. The molecule has 16 heavy (non-hydrogen) atoms. The van der Waals surface area contributed by atoms with Crippen molar-refractivity contribution in [2.24, 2.45) is 5.84 Å². The minimum atomic E-state index is -0.159. The van der Waals surface area contributed by atoms with E-state index in [0.29, 0.717) is 0 Å². The van der Waals surface area contributed by atoms with E-state index in [0.717, 1.165) is 22.6 Å². The van der Waals surface area contributed by atoms with E-state index in [1.54, 1.807) is 0 Å². The van der Waals surface area contributed by atoms with Gasteiger partial charge in [-0.15, -0.1) is 11.8 Å². The van der Waals surface area contributed by atoms with Crippen molar-refractivity contribution in [1.29, 1.82) is 0 Å². The molecule has 1 rings (SSSR count). The van der Waals surface area contributed by atoms with Gasteiger partial charge in [-0.1, -0.05) is 6.92 Å². The quantitative estimate of drug-likeness (QED) is 0.244. The molecule has 88 valence electrons. The van der Waals surface area contributed by atoms with Crippen molar-refractivity contribution >= 4 is 23.4 Å². The van der Waals surface area contributed by atoms with Gasteiger partial charge in [0.25, 0.3) is 0 Å². The van der Waals surface area contributed by atoms with Crippen molar-refractivity contribution in [2.75, 3.05) is 5.73 Å². The first-order valence-electron chi connectivity index (χ1n) is 5.11. The number of carbonyl (C=O) groups excluding carboxylic acids is 1. The lowest BCUT2D eigenvalue weighted by molar-refractivity contribution is -0.120. The number of hydrogen-bond donors (Lipinski definition) is 3. The molecule has 0 saturated carbocycles. The zero-order valence-electron chi connectivity index (χ0n) is 9.49. The number of aryl methyl sites for hydroxylation is 1. The van der Waals surface area contributed by atoms with Crippen LogP contribution in [0.1, 0.15) is 18.9 Å². The molecule has 0 spiro atoms. The van der Waals surface area contributed by atoms with Crippen LogP contribution in [-0.4, -0.2) is 11.2 Å². The summed E-state index contributed by atoms with van der Waals surface area (Å²) in [5, 5.41) is -0.159. The van der Waals surface area contributed by atoms with Crippen molar-refractivity contribution in [2.45, 2.75) is 30.4 Å². The molecule has 1 aromatic carbocycles. The van der Waals surface area contributed by atoms with Gasteiger partial charge in [0.1, 0.15) is 0 Å². The summed E-state index contributed by atoms with van der Waals surface area (Å²) < 4.78 is 0. The van der Waals surface area contributed by atoms with Gasteiger partial charge in [0.2, 0.25) is 5.91 Å². The Hall–Kier alpha value is -1.20. The van der Waals surface area contributed by atoms with Crippen LogP contribution < -0.4 is 17.0 Å². The number of benzene rings is 1. The summed E-state index contributed by atoms with van der Waals surface area (Å²) in [5.74, 6) is 4.97. The zero-order valence-corrected chi connectivity index (χ0v) is 10.3. The molecule has 0 radical (unpaired) electrons. The molecule has 0 heterocycles. The van der Waals surface area contributed by atoms with Crippen molar-refractivity contribution in [3.8, 4) is 0 Å².